The van der Waals surface area contributed by atoms with Gasteiger partial charge in [-0.3, -0.25) is 0 Å². The van der Waals surface area contributed by atoms with E-state index >= 15 is 0 Å². The molecule has 1 aliphatic heterocycles. The highest BCUT2D eigenvalue weighted by Gasteiger charge is 2.24. The zero-order valence-electron chi connectivity index (χ0n) is 11.9. The lowest BCUT2D eigenvalue weighted by Crippen LogP contribution is -2.43. The van der Waals surface area contributed by atoms with E-state index in [1.165, 1.54) is 63.8 Å². The van der Waals surface area contributed by atoms with E-state index in [-0.39, 0.29) is 0 Å². The first-order chi connectivity index (χ1) is 9.40. The maximum Gasteiger partial charge on any atom is 0.00915 e. The molecule has 104 valence electrons. The normalized spacial score (nSPS) is 21.7. The molecule has 0 bridgehead atoms. The van der Waals surface area contributed by atoms with E-state index in [2.05, 4.69) is 40.5 Å². The Morgan fingerprint density at radius 3 is 2.42 bits per heavy atom. The summed E-state index contributed by atoms with van der Waals surface area (Å²) in [6, 6.07) is 11.6. The molecule has 19 heavy (non-hydrogen) atoms. The van der Waals surface area contributed by atoms with Crippen molar-refractivity contribution in [1.29, 1.82) is 0 Å². The molecule has 3 rings (SSSR count). The fourth-order valence-corrected chi connectivity index (χ4v) is 2.95. The van der Waals surface area contributed by atoms with E-state index in [4.69, 9.17) is 0 Å². The summed E-state index contributed by atoms with van der Waals surface area (Å²) < 4.78 is 0. The van der Waals surface area contributed by atoms with Crippen LogP contribution in [0.2, 0.25) is 0 Å². The van der Waals surface area contributed by atoms with Crippen LogP contribution in [0.4, 0.5) is 0 Å². The van der Waals surface area contributed by atoms with Gasteiger partial charge in [0.25, 0.3) is 0 Å². The van der Waals surface area contributed by atoms with Gasteiger partial charge in [-0.1, -0.05) is 30.3 Å². The predicted octanol–water partition coefficient (Wildman–Crippen LogP) is 2.69. The fraction of sp³-hybridized carbons (Fsp3) is 0.647. The van der Waals surface area contributed by atoms with E-state index < -0.39 is 0 Å². The van der Waals surface area contributed by atoms with Crippen molar-refractivity contribution in [1.82, 2.24) is 10.2 Å². The fourth-order valence-electron chi connectivity index (χ4n) is 2.95. The van der Waals surface area contributed by atoms with Gasteiger partial charge in [-0.05, 0) is 63.2 Å². The van der Waals surface area contributed by atoms with Gasteiger partial charge in [0, 0.05) is 12.6 Å². The van der Waals surface area contributed by atoms with Crippen molar-refractivity contribution in [3.8, 4) is 0 Å². The number of nitrogens with one attached hydrogen (secondary N) is 1. The van der Waals surface area contributed by atoms with Crippen LogP contribution in [-0.2, 0) is 6.42 Å². The molecule has 2 fully saturated rings. The maximum atomic E-state index is 3.75. The minimum Gasteiger partial charge on any atom is -0.314 e. The molecule has 1 saturated heterocycles. The van der Waals surface area contributed by atoms with Crippen molar-refractivity contribution in [2.45, 2.75) is 38.1 Å². The maximum absolute atomic E-state index is 3.75. The van der Waals surface area contributed by atoms with Gasteiger partial charge in [0.05, 0.1) is 0 Å². The minimum atomic E-state index is 0.786. The van der Waals surface area contributed by atoms with E-state index in [1.807, 2.05) is 0 Å². The molecule has 2 aliphatic rings. The van der Waals surface area contributed by atoms with Crippen LogP contribution in [0.15, 0.2) is 30.3 Å². The first-order valence-corrected chi connectivity index (χ1v) is 7.90. The summed E-state index contributed by atoms with van der Waals surface area (Å²) >= 11 is 0. The van der Waals surface area contributed by atoms with Gasteiger partial charge in [-0.15, -0.1) is 0 Å². The third-order valence-electron chi connectivity index (χ3n) is 4.54. The largest absolute Gasteiger partial charge is 0.314 e. The Morgan fingerprint density at radius 1 is 1.00 bits per heavy atom. The lowest BCUT2D eigenvalue weighted by molar-refractivity contribution is 0.199. The smallest absolute Gasteiger partial charge is 0.00915 e. The van der Waals surface area contributed by atoms with Gasteiger partial charge in [0.15, 0.2) is 0 Å². The number of nitrogens with zero attached hydrogens (tertiary/aromatic N) is 1. The molecule has 1 N–H and O–H groups in total. The SMILES string of the molecule is c1ccc(CCN2CCC(NCC3CC3)CC2)cc1. The van der Waals surface area contributed by atoms with Crippen LogP contribution in [0.3, 0.4) is 0 Å². The molecular weight excluding hydrogens is 232 g/mol. The van der Waals surface area contributed by atoms with Crippen molar-refractivity contribution in [2.24, 2.45) is 5.92 Å². The summed E-state index contributed by atoms with van der Waals surface area (Å²) in [4.78, 5) is 2.63. The Balaban J connectivity index is 1.33. The Labute approximate surface area is 117 Å². The molecule has 0 radical (unpaired) electrons. The van der Waals surface area contributed by atoms with Gasteiger partial charge < -0.3 is 10.2 Å². The molecule has 1 aromatic carbocycles. The number of likely N-dealkylation sites (tertiary alicyclic amines) is 1. The Hall–Kier alpha value is -0.860. The summed E-state index contributed by atoms with van der Waals surface area (Å²) in [6.07, 6.45) is 6.79. The van der Waals surface area contributed by atoms with Crippen LogP contribution in [0.25, 0.3) is 0 Å². The predicted molar refractivity (Wildman–Crippen MR) is 80.3 cm³/mol. The lowest BCUT2D eigenvalue weighted by Gasteiger charge is -2.32. The van der Waals surface area contributed by atoms with E-state index in [0.717, 1.165) is 12.0 Å². The summed E-state index contributed by atoms with van der Waals surface area (Å²) in [5.74, 6) is 1.01. The molecule has 0 unspecified atom stereocenters. The van der Waals surface area contributed by atoms with Gasteiger partial charge in [0.1, 0.15) is 0 Å². The van der Waals surface area contributed by atoms with Gasteiger partial charge in [-0.2, -0.15) is 0 Å². The van der Waals surface area contributed by atoms with Gasteiger partial charge in [-0.25, -0.2) is 0 Å². The van der Waals surface area contributed by atoms with Crippen LogP contribution >= 0.6 is 0 Å². The second-order valence-electron chi connectivity index (χ2n) is 6.20. The monoisotopic (exact) mass is 258 g/mol. The van der Waals surface area contributed by atoms with E-state index in [9.17, 15) is 0 Å². The van der Waals surface area contributed by atoms with Crippen molar-refractivity contribution < 1.29 is 0 Å². The minimum absolute atomic E-state index is 0.786. The molecule has 0 amide bonds. The van der Waals surface area contributed by atoms with Gasteiger partial charge in [0.2, 0.25) is 0 Å². The topological polar surface area (TPSA) is 15.3 Å². The summed E-state index contributed by atoms with van der Waals surface area (Å²) in [5, 5.41) is 3.75. The van der Waals surface area contributed by atoms with Crippen molar-refractivity contribution >= 4 is 0 Å². The Kier molecular flexibility index (Phi) is 4.52. The molecule has 0 spiro atoms. The molecule has 1 aliphatic carbocycles. The van der Waals surface area contributed by atoms with Crippen molar-refractivity contribution in [3.05, 3.63) is 35.9 Å². The molecule has 1 aromatic rings. The van der Waals surface area contributed by atoms with Crippen LogP contribution in [0.1, 0.15) is 31.2 Å². The summed E-state index contributed by atoms with van der Waals surface area (Å²) in [7, 11) is 0. The molecule has 1 saturated carbocycles. The standard InChI is InChI=1S/C17H26N2/c1-2-4-15(5-3-1)8-11-19-12-9-17(10-13-19)18-14-16-6-7-16/h1-5,16-18H,6-14H2. The first kappa shape index (κ1) is 13.1. The number of benzene rings is 1. The highest BCUT2D eigenvalue weighted by molar-refractivity contribution is 5.14. The number of hydrogen-bond acceptors (Lipinski definition) is 2. The zero-order chi connectivity index (χ0) is 12.9. The summed E-state index contributed by atoms with van der Waals surface area (Å²) in [5.41, 5.74) is 1.47. The van der Waals surface area contributed by atoms with Crippen molar-refractivity contribution in [2.75, 3.05) is 26.2 Å². The Bertz CT molecular complexity index is 364. The van der Waals surface area contributed by atoms with E-state index in [1.54, 1.807) is 0 Å². The average molecular weight is 258 g/mol. The highest BCUT2D eigenvalue weighted by Crippen LogP contribution is 2.28. The molecular formula is C17H26N2. The van der Waals surface area contributed by atoms with Crippen LogP contribution < -0.4 is 5.32 Å². The molecule has 0 aromatic heterocycles. The summed E-state index contributed by atoms with van der Waals surface area (Å²) in [6.45, 7) is 5.04. The Morgan fingerprint density at radius 2 is 1.74 bits per heavy atom. The number of piperidine rings is 1. The molecule has 2 heteroatoms. The average Bonchev–Trinajstić information content (AvgIpc) is 3.29. The number of hydrogen-bond donors (Lipinski definition) is 1. The number of rotatable bonds is 6. The second-order valence-corrected chi connectivity index (χ2v) is 6.20. The zero-order valence-corrected chi connectivity index (χ0v) is 11.9. The third-order valence-corrected chi connectivity index (χ3v) is 4.54. The molecule has 1 heterocycles. The van der Waals surface area contributed by atoms with Crippen molar-refractivity contribution in [3.63, 3.8) is 0 Å². The van der Waals surface area contributed by atoms with Crippen LogP contribution in [-0.4, -0.2) is 37.1 Å². The van der Waals surface area contributed by atoms with E-state index in [0.29, 0.717) is 0 Å². The third kappa shape index (κ3) is 4.32. The lowest BCUT2D eigenvalue weighted by atomic mass is 10.0. The molecule has 0 atom stereocenters. The molecule has 2 nitrogen and oxygen atoms in total. The van der Waals surface area contributed by atoms with Crippen LogP contribution in [0.5, 0.6) is 0 Å². The second kappa shape index (κ2) is 6.53. The van der Waals surface area contributed by atoms with Crippen LogP contribution in [0, 0.1) is 5.92 Å². The first-order valence-electron chi connectivity index (χ1n) is 7.90. The highest BCUT2D eigenvalue weighted by atomic mass is 15.1. The van der Waals surface area contributed by atoms with Gasteiger partial charge >= 0.3 is 0 Å². The quantitative estimate of drug-likeness (QED) is 0.844.